The first kappa shape index (κ1) is 82.9. The van der Waals surface area contributed by atoms with Crippen molar-refractivity contribution in [3.05, 3.63) is 59.2 Å². The Labute approximate surface area is 539 Å². The average molecular weight is 1420 g/mol. The predicted octanol–water partition coefficient (Wildman–Crippen LogP) is 6.65. The molecule has 48 heavy (non-hydrogen) atoms. The van der Waals surface area contributed by atoms with Gasteiger partial charge in [-0.1, -0.05) is 70.9 Å². The summed E-state index contributed by atoms with van der Waals surface area (Å²) in [6.07, 6.45) is 17.5. The summed E-state index contributed by atoms with van der Waals surface area (Å²) in [5.41, 5.74) is 6.99. The summed E-state index contributed by atoms with van der Waals surface area (Å²) in [4.78, 5) is 34.8. The van der Waals surface area contributed by atoms with Crippen molar-refractivity contribution in [3.8, 4) is 17.2 Å². The van der Waals surface area contributed by atoms with E-state index >= 15 is 0 Å². The molecule has 0 amide bonds. The van der Waals surface area contributed by atoms with E-state index in [1.165, 1.54) is 101 Å². The van der Waals surface area contributed by atoms with Crippen LogP contribution >= 0.6 is 0 Å². The Kier molecular flexibility index (Phi) is 90.1. The van der Waals surface area contributed by atoms with Crippen LogP contribution in [0.2, 0.25) is 0 Å². The number of hydrogen-bond donors (Lipinski definition) is 4. The van der Waals surface area contributed by atoms with Crippen molar-refractivity contribution in [1.82, 2.24) is 6.15 Å². The van der Waals surface area contributed by atoms with Crippen molar-refractivity contribution in [3.63, 3.8) is 0 Å². The molecule has 2 aliphatic carbocycles. The molecule has 2 saturated carbocycles. The van der Waals surface area contributed by atoms with Gasteiger partial charge in [0, 0.05) is 339 Å². The minimum atomic E-state index is -0.446. The Morgan fingerprint density at radius 3 is 1.48 bits per heavy atom. The molecule has 7 N–H and O–H groups in total. The third-order valence-electron chi connectivity index (χ3n) is 5.82. The van der Waals surface area contributed by atoms with E-state index in [1.54, 1.807) is 12.1 Å². The van der Waals surface area contributed by atoms with Crippen LogP contribution in [0.25, 0.3) is 12.2 Å². The predicted molar refractivity (Wildman–Crippen MR) is 154 cm³/mol. The molecule has 0 aliphatic heterocycles. The fourth-order valence-corrected chi connectivity index (χ4v) is 2.84. The van der Waals surface area contributed by atoms with Crippen molar-refractivity contribution < 1.29 is 356 Å². The molecule has 2 aliphatic rings. The number of aldehydes is 1. The third-order valence-corrected chi connectivity index (χ3v) is 5.82. The number of ether oxygens (including phenoxy) is 1. The monoisotopic (exact) mass is 1420 g/mol. The van der Waals surface area contributed by atoms with Gasteiger partial charge in [0.15, 0.2) is 29.4 Å². The first-order valence-electron chi connectivity index (χ1n) is 12.2. The maximum absolute atomic E-state index is 12.0. The normalized spacial score (nSPS) is 10.4. The van der Waals surface area contributed by atoms with E-state index in [-0.39, 0.29) is 376 Å². The van der Waals surface area contributed by atoms with Gasteiger partial charge in [-0.2, -0.15) is 0 Å². The summed E-state index contributed by atoms with van der Waals surface area (Å²) < 4.78 is 4.98. The van der Waals surface area contributed by atoms with Crippen LogP contribution in [0, 0.1) is 0 Å². The molecule has 18 heteroatoms. The number of anilines is 1. The van der Waals surface area contributed by atoms with E-state index < -0.39 is 11.6 Å². The molecule has 0 spiro atoms. The molecule has 0 bridgehead atoms. The number of allylic oxidation sites excluding steroid dienone is 2. The summed E-state index contributed by atoms with van der Waals surface area (Å²) in [6.45, 7) is 0. The van der Waals surface area contributed by atoms with Gasteiger partial charge in [0.2, 0.25) is 0 Å². The number of aromatic hydroxyl groups is 2. The summed E-state index contributed by atoms with van der Waals surface area (Å²) >= 11 is 0. The van der Waals surface area contributed by atoms with Crippen LogP contribution in [0.3, 0.4) is 0 Å². The Bertz CT molecular complexity index is 1120. The van der Waals surface area contributed by atoms with Crippen LogP contribution in [0.4, 0.5) is 5.69 Å². The van der Waals surface area contributed by atoms with E-state index in [1.807, 2.05) is 0 Å². The van der Waals surface area contributed by atoms with Gasteiger partial charge in [-0.05, 0) is 47.6 Å². The molecule has 2 aromatic carbocycles. The molecule has 0 unspecified atom stereocenters. The van der Waals surface area contributed by atoms with Crippen molar-refractivity contribution >= 4 is 35.7 Å². The maximum atomic E-state index is 12.0. The molecule has 0 heterocycles. The maximum Gasteiger partial charge on any atom is 0.163 e. The molecular formula is C30H42N2O6Y10. The van der Waals surface area contributed by atoms with Gasteiger partial charge in [0.1, 0.15) is 5.75 Å². The number of nitrogen functional groups attached to an aromatic ring is 1. The number of methoxy groups -OCH3 is 1. The number of carbonyl (C=O) groups excluding carboxylic acids is 3. The Morgan fingerprint density at radius 1 is 0.688 bits per heavy atom. The number of rotatable bonds is 8. The molecule has 10 radical (unpaired) electrons. The number of benzene rings is 2. The van der Waals surface area contributed by atoms with Gasteiger partial charge in [-0.3, -0.25) is 14.4 Å². The minimum absolute atomic E-state index is 0. The molecule has 4 rings (SSSR count). The molecule has 8 nitrogen and oxygen atoms in total. The summed E-state index contributed by atoms with van der Waals surface area (Å²) in [5, 5.41) is 19.1. The minimum Gasteiger partial charge on any atom is -0.507 e. The third kappa shape index (κ3) is 37.4. The summed E-state index contributed by atoms with van der Waals surface area (Å²) in [5.74, 6) is -0.846. The van der Waals surface area contributed by atoms with E-state index in [0.29, 0.717) is 17.4 Å². The zero-order chi connectivity index (χ0) is 26.3. The first-order chi connectivity index (χ1) is 17.3. The first-order valence-corrected chi connectivity index (χ1v) is 12.2. The zero-order valence-electron chi connectivity index (χ0n) is 27.2. The molecule has 238 valence electrons. The van der Waals surface area contributed by atoms with E-state index in [0.717, 1.165) is 0 Å². The fraction of sp³-hybridized carbons (Fsp3) is 0.367. The van der Waals surface area contributed by atoms with Crippen LogP contribution in [-0.4, -0.2) is 35.2 Å². The standard InChI is InChI=1S/C21H19NO6.2C4H8.CH4.H3N.10Y/c1-28-21-8-13(3-7-19(21)26)2-5-16(24)10-17(25)6-4-14-9-15(12-23)20(27)11-18(14)22;2*1-2-4-3-1;;;;;;;;;;;;/h2-9,11-12,26-27H,10,22H2,1H3;2*1-4H2;1H4;1H3;;;;;;;;;;/b5-2+,6-4+;;;;;;;;;;;;;;. The van der Waals surface area contributed by atoms with E-state index in [4.69, 9.17) is 10.5 Å². The second-order valence-corrected chi connectivity index (χ2v) is 8.69. The van der Waals surface area contributed by atoms with Crippen LogP contribution in [-0.2, 0) is 337 Å². The van der Waals surface area contributed by atoms with Gasteiger partial charge >= 0.3 is 0 Å². The van der Waals surface area contributed by atoms with Crippen LogP contribution < -0.4 is 16.6 Å². The van der Waals surface area contributed by atoms with Crippen molar-refractivity contribution in [2.24, 2.45) is 0 Å². The number of ketones is 2. The number of phenols is 2. The van der Waals surface area contributed by atoms with Crippen molar-refractivity contribution in [2.75, 3.05) is 12.8 Å². The largest absolute Gasteiger partial charge is 0.507 e. The quantitative estimate of drug-likeness (QED) is 0.0990. The summed E-state index contributed by atoms with van der Waals surface area (Å²) in [6, 6.07) is 7.15. The van der Waals surface area contributed by atoms with Gasteiger partial charge < -0.3 is 26.8 Å². The average Bonchev–Trinajstić information content (AvgIpc) is 2.75. The second kappa shape index (κ2) is 52.1. The van der Waals surface area contributed by atoms with Crippen LogP contribution in [0.5, 0.6) is 17.2 Å². The number of hydrogen-bond acceptors (Lipinski definition) is 8. The molecule has 0 aromatic heterocycles. The Morgan fingerprint density at radius 2 is 1.10 bits per heavy atom. The molecule has 0 atom stereocenters. The Balaban J connectivity index is -0.0000000671. The molecule has 2 aromatic rings. The second-order valence-electron chi connectivity index (χ2n) is 8.69. The summed E-state index contributed by atoms with van der Waals surface area (Å²) in [7, 11) is 1.41. The van der Waals surface area contributed by atoms with E-state index in [9.17, 15) is 24.6 Å². The number of carbonyl (C=O) groups is 3. The fourth-order valence-electron chi connectivity index (χ4n) is 2.84. The van der Waals surface area contributed by atoms with Crippen molar-refractivity contribution in [2.45, 2.75) is 65.2 Å². The zero-order valence-corrected chi connectivity index (χ0v) is 55.6. The number of phenolic OH excluding ortho intramolecular Hbond substituents is 2. The van der Waals surface area contributed by atoms with Gasteiger partial charge in [-0.15, -0.1) is 0 Å². The topological polar surface area (TPSA) is 162 Å². The van der Waals surface area contributed by atoms with Crippen LogP contribution in [0.15, 0.2) is 42.5 Å². The molecular weight excluding hydrogens is 1370 g/mol. The smallest absolute Gasteiger partial charge is 0.163 e. The molecule has 0 saturated heterocycles. The van der Waals surface area contributed by atoms with Crippen LogP contribution in [0.1, 0.15) is 86.7 Å². The number of nitrogens with two attached hydrogens (primary N) is 1. The van der Waals surface area contributed by atoms with E-state index in [2.05, 4.69) is 0 Å². The SMILES string of the molecule is C.C1CCC1.C1CCC1.COc1cc(/C=C/C(=O)CC(=O)/C=C/c2cc(C=O)c(O)cc2N)ccc1O.N.[Y].[Y].[Y].[Y].[Y].[Y].[Y].[Y].[Y].[Y]. The molecule has 2 fully saturated rings. The Hall–Kier alpha value is 7.13. The van der Waals surface area contributed by atoms with Crippen molar-refractivity contribution in [1.29, 1.82) is 0 Å². The van der Waals surface area contributed by atoms with Gasteiger partial charge in [-0.25, -0.2) is 0 Å². The van der Waals surface area contributed by atoms with Gasteiger partial charge in [0.05, 0.1) is 19.1 Å². The van der Waals surface area contributed by atoms with Gasteiger partial charge in [0.25, 0.3) is 0 Å².